The molecule has 7 aromatic carbocycles. The first-order chi connectivity index (χ1) is 19.3. The number of hydrogen-bond acceptors (Lipinski definition) is 3. The molecule has 0 amide bonds. The molecule has 0 unspecified atom stereocenters. The molecule has 0 aliphatic heterocycles. The summed E-state index contributed by atoms with van der Waals surface area (Å²) >= 11 is 0. The topological polar surface area (TPSA) is 21.7 Å². The smallest absolute Gasteiger partial charge is 0.162 e. The summed E-state index contributed by atoms with van der Waals surface area (Å²) in [6, 6.07) is 45.3. The van der Waals surface area contributed by atoms with Gasteiger partial charge in [-0.1, -0.05) is 97.1 Å². The van der Waals surface area contributed by atoms with Crippen molar-refractivity contribution in [2.75, 3.05) is 19.1 Å². The Morgan fingerprint density at radius 3 is 1.33 bits per heavy atom. The second kappa shape index (κ2) is 9.38. The molecule has 7 aromatic rings. The van der Waals surface area contributed by atoms with Crippen LogP contribution in [-0.4, -0.2) is 14.2 Å². The van der Waals surface area contributed by atoms with E-state index in [4.69, 9.17) is 9.47 Å². The molecule has 0 aromatic heterocycles. The molecule has 0 aliphatic carbocycles. The summed E-state index contributed by atoms with van der Waals surface area (Å²) in [5.41, 5.74) is 3.21. The van der Waals surface area contributed by atoms with Gasteiger partial charge in [-0.2, -0.15) is 0 Å². The Hall–Kier alpha value is -5.02. The molecule has 0 saturated carbocycles. The molecule has 188 valence electrons. The van der Waals surface area contributed by atoms with E-state index >= 15 is 0 Å². The third kappa shape index (κ3) is 3.74. The molecular weight excluding hydrogens is 478 g/mol. The third-order valence-electron chi connectivity index (χ3n) is 7.60. The molecule has 0 aliphatic rings. The first kappa shape index (κ1) is 23.1. The molecule has 0 spiro atoms. The highest BCUT2D eigenvalue weighted by molar-refractivity contribution is 6.18. The number of hydrogen-bond donors (Lipinski definition) is 0. The highest BCUT2D eigenvalue weighted by Gasteiger charge is 2.21. The van der Waals surface area contributed by atoms with Gasteiger partial charge in [0.1, 0.15) is 0 Å². The van der Waals surface area contributed by atoms with Gasteiger partial charge in [0, 0.05) is 16.8 Å². The van der Waals surface area contributed by atoms with E-state index in [9.17, 15) is 0 Å². The first-order valence-corrected chi connectivity index (χ1v) is 13.1. The van der Waals surface area contributed by atoms with E-state index in [0.29, 0.717) is 11.5 Å². The molecule has 0 atom stereocenters. The van der Waals surface area contributed by atoms with Crippen molar-refractivity contribution in [3.8, 4) is 11.5 Å². The van der Waals surface area contributed by atoms with E-state index in [1.807, 2.05) is 6.07 Å². The average Bonchev–Trinajstić information content (AvgIpc) is 3.01. The molecule has 0 fully saturated rings. The number of ether oxygens (including phenoxy) is 2. The van der Waals surface area contributed by atoms with Crippen molar-refractivity contribution in [2.45, 2.75) is 0 Å². The highest BCUT2D eigenvalue weighted by atomic mass is 16.5. The van der Waals surface area contributed by atoms with Crippen LogP contribution in [0.3, 0.4) is 0 Å². The molecule has 3 nitrogen and oxygen atoms in total. The summed E-state index contributed by atoms with van der Waals surface area (Å²) in [6.07, 6.45) is 0. The molecule has 39 heavy (non-hydrogen) atoms. The van der Waals surface area contributed by atoms with E-state index in [-0.39, 0.29) is 0 Å². The summed E-state index contributed by atoms with van der Waals surface area (Å²) in [5, 5.41) is 9.69. The fourth-order valence-electron chi connectivity index (χ4n) is 5.81. The fraction of sp³-hybridized carbons (Fsp3) is 0.0556. The van der Waals surface area contributed by atoms with Gasteiger partial charge < -0.3 is 14.4 Å². The number of methoxy groups -OCH3 is 2. The molecular formula is C36H27NO2. The van der Waals surface area contributed by atoms with E-state index in [2.05, 4.69) is 126 Å². The Kier molecular flexibility index (Phi) is 5.56. The highest BCUT2D eigenvalue weighted by Crippen LogP contribution is 2.47. The normalized spacial score (nSPS) is 11.3. The Morgan fingerprint density at radius 1 is 0.410 bits per heavy atom. The SMILES string of the molecule is COc1ccc(N(c2cc3ccccc3c3ccccc23)c2cc3ccccc3c3ccccc23)cc1OC. The third-order valence-corrected chi connectivity index (χ3v) is 7.60. The van der Waals surface area contributed by atoms with Crippen LogP contribution in [0.4, 0.5) is 17.1 Å². The number of nitrogens with zero attached hydrogens (tertiary/aromatic N) is 1. The van der Waals surface area contributed by atoms with Gasteiger partial charge in [-0.25, -0.2) is 0 Å². The molecule has 7 rings (SSSR count). The minimum Gasteiger partial charge on any atom is -0.493 e. The van der Waals surface area contributed by atoms with Crippen LogP contribution in [-0.2, 0) is 0 Å². The maximum Gasteiger partial charge on any atom is 0.162 e. The second-order valence-electron chi connectivity index (χ2n) is 9.70. The lowest BCUT2D eigenvalue weighted by atomic mass is 9.96. The lowest BCUT2D eigenvalue weighted by molar-refractivity contribution is 0.355. The molecule has 0 radical (unpaired) electrons. The van der Waals surface area contributed by atoms with Crippen LogP contribution in [0, 0.1) is 0 Å². The quantitative estimate of drug-likeness (QED) is 0.217. The Morgan fingerprint density at radius 2 is 0.846 bits per heavy atom. The maximum atomic E-state index is 5.76. The van der Waals surface area contributed by atoms with E-state index in [0.717, 1.165) is 17.1 Å². The van der Waals surface area contributed by atoms with Gasteiger partial charge in [0.05, 0.1) is 31.3 Å². The van der Waals surface area contributed by atoms with Gasteiger partial charge in [0.25, 0.3) is 0 Å². The van der Waals surface area contributed by atoms with Gasteiger partial charge in [-0.3, -0.25) is 0 Å². The maximum absolute atomic E-state index is 5.76. The van der Waals surface area contributed by atoms with Crippen LogP contribution in [0.2, 0.25) is 0 Å². The lowest BCUT2D eigenvalue weighted by Gasteiger charge is -2.29. The number of benzene rings is 7. The molecule has 0 N–H and O–H groups in total. The number of fused-ring (bicyclic) bond motifs is 6. The Balaban J connectivity index is 1.64. The van der Waals surface area contributed by atoms with Crippen LogP contribution >= 0.6 is 0 Å². The summed E-state index contributed by atoms with van der Waals surface area (Å²) in [7, 11) is 3.35. The van der Waals surface area contributed by atoms with Gasteiger partial charge in [-0.15, -0.1) is 0 Å². The lowest BCUT2D eigenvalue weighted by Crippen LogP contribution is -2.12. The van der Waals surface area contributed by atoms with Crippen molar-refractivity contribution in [3.63, 3.8) is 0 Å². The van der Waals surface area contributed by atoms with Crippen molar-refractivity contribution in [1.29, 1.82) is 0 Å². The zero-order chi connectivity index (χ0) is 26.3. The molecule has 0 heterocycles. The minimum atomic E-state index is 0.690. The van der Waals surface area contributed by atoms with Gasteiger partial charge in [-0.05, 0) is 56.6 Å². The largest absolute Gasteiger partial charge is 0.493 e. The van der Waals surface area contributed by atoms with Gasteiger partial charge >= 0.3 is 0 Å². The number of anilines is 3. The predicted molar refractivity (Wildman–Crippen MR) is 164 cm³/mol. The van der Waals surface area contributed by atoms with E-state index < -0.39 is 0 Å². The Bertz CT molecular complexity index is 1890. The van der Waals surface area contributed by atoms with Crippen molar-refractivity contribution < 1.29 is 9.47 Å². The Labute approximate surface area is 227 Å². The van der Waals surface area contributed by atoms with Crippen LogP contribution in [0.5, 0.6) is 11.5 Å². The predicted octanol–water partition coefficient (Wildman–Crippen LogP) is 9.79. The van der Waals surface area contributed by atoms with Gasteiger partial charge in [0.2, 0.25) is 0 Å². The zero-order valence-electron chi connectivity index (χ0n) is 21.9. The van der Waals surface area contributed by atoms with Crippen molar-refractivity contribution in [1.82, 2.24) is 0 Å². The van der Waals surface area contributed by atoms with Crippen molar-refractivity contribution >= 4 is 60.2 Å². The monoisotopic (exact) mass is 505 g/mol. The number of rotatable bonds is 5. The minimum absolute atomic E-state index is 0.690. The van der Waals surface area contributed by atoms with Crippen molar-refractivity contribution in [2.24, 2.45) is 0 Å². The van der Waals surface area contributed by atoms with Crippen LogP contribution in [0.25, 0.3) is 43.1 Å². The van der Waals surface area contributed by atoms with Crippen LogP contribution < -0.4 is 14.4 Å². The standard InChI is InChI=1S/C36H27NO2/c1-38-35-20-19-26(23-36(35)39-2)37(33-21-24-11-3-5-13-27(24)29-15-7-9-17-31(29)33)34-22-25-12-4-6-14-28(25)30-16-8-10-18-32(30)34/h3-23H,1-2H3. The first-order valence-electron chi connectivity index (χ1n) is 13.1. The summed E-state index contributed by atoms with van der Waals surface area (Å²) in [5.74, 6) is 1.39. The summed E-state index contributed by atoms with van der Waals surface area (Å²) in [4.78, 5) is 2.37. The average molecular weight is 506 g/mol. The summed E-state index contributed by atoms with van der Waals surface area (Å²) in [6.45, 7) is 0. The van der Waals surface area contributed by atoms with E-state index in [1.165, 1.54) is 43.1 Å². The van der Waals surface area contributed by atoms with Crippen LogP contribution in [0.1, 0.15) is 0 Å². The van der Waals surface area contributed by atoms with Crippen molar-refractivity contribution in [3.05, 3.63) is 127 Å². The van der Waals surface area contributed by atoms with Gasteiger partial charge in [0.15, 0.2) is 11.5 Å². The molecule has 0 saturated heterocycles. The fourth-order valence-corrected chi connectivity index (χ4v) is 5.81. The summed E-state index contributed by atoms with van der Waals surface area (Å²) < 4.78 is 11.4. The van der Waals surface area contributed by atoms with E-state index in [1.54, 1.807) is 14.2 Å². The molecule has 0 bridgehead atoms. The molecule has 3 heteroatoms. The second-order valence-corrected chi connectivity index (χ2v) is 9.70. The van der Waals surface area contributed by atoms with Crippen LogP contribution in [0.15, 0.2) is 127 Å². The zero-order valence-corrected chi connectivity index (χ0v) is 21.9.